The van der Waals surface area contributed by atoms with Gasteiger partial charge < -0.3 is 14.7 Å². The van der Waals surface area contributed by atoms with Gasteiger partial charge >= 0.3 is 0 Å². The van der Waals surface area contributed by atoms with E-state index >= 15 is 0 Å². The number of carbonyl (C=O) groups is 2. The molecule has 1 atom stereocenters. The van der Waals surface area contributed by atoms with Gasteiger partial charge in [0.15, 0.2) is 0 Å². The molecule has 6 heteroatoms. The molecule has 0 saturated heterocycles. The normalized spacial score (nSPS) is 16.4. The topological polar surface area (TPSA) is 75.4 Å². The Kier molecular flexibility index (Phi) is 4.64. The summed E-state index contributed by atoms with van der Waals surface area (Å²) in [6.45, 7) is 2.23. The molecule has 2 amide bonds. The maximum Gasteiger partial charge on any atom is 0.227 e. The highest BCUT2D eigenvalue weighted by Gasteiger charge is 2.26. The summed E-state index contributed by atoms with van der Waals surface area (Å²) in [6.07, 6.45) is 1.57. The Morgan fingerprint density at radius 2 is 2.21 bits per heavy atom. The third-order valence-corrected chi connectivity index (χ3v) is 4.32. The summed E-state index contributed by atoms with van der Waals surface area (Å²) in [7, 11) is 1.74. The molecule has 1 aromatic heterocycles. The van der Waals surface area contributed by atoms with Crippen molar-refractivity contribution in [2.75, 3.05) is 12.4 Å². The molecule has 0 saturated carbocycles. The van der Waals surface area contributed by atoms with E-state index < -0.39 is 0 Å². The third kappa shape index (κ3) is 3.64. The second-order valence-electron chi connectivity index (χ2n) is 6.26. The fourth-order valence-corrected chi connectivity index (χ4v) is 2.96. The van der Waals surface area contributed by atoms with Crippen LogP contribution in [0.5, 0.6) is 0 Å². The number of aromatic nitrogens is 1. The number of fused-ring (bicyclic) bond motifs is 1. The molecular weight excluding hydrogens is 306 g/mol. The van der Waals surface area contributed by atoms with Gasteiger partial charge in [-0.1, -0.05) is 23.4 Å². The molecule has 1 aliphatic heterocycles. The van der Waals surface area contributed by atoms with Gasteiger partial charge in [0.2, 0.25) is 11.8 Å². The maximum atomic E-state index is 12.3. The van der Waals surface area contributed by atoms with Crippen molar-refractivity contribution in [2.45, 2.75) is 32.7 Å². The van der Waals surface area contributed by atoms with Crippen LogP contribution in [0, 0.1) is 12.8 Å². The van der Waals surface area contributed by atoms with E-state index in [9.17, 15) is 9.59 Å². The first-order chi connectivity index (χ1) is 11.5. The lowest BCUT2D eigenvalue weighted by atomic mass is 9.89. The molecule has 0 bridgehead atoms. The van der Waals surface area contributed by atoms with Crippen molar-refractivity contribution in [3.05, 3.63) is 47.3 Å². The van der Waals surface area contributed by atoms with Crippen LogP contribution in [0.15, 0.2) is 34.9 Å². The molecule has 6 nitrogen and oxygen atoms in total. The van der Waals surface area contributed by atoms with Gasteiger partial charge in [-0.15, -0.1) is 0 Å². The number of para-hydroxylation sites is 1. The Morgan fingerprint density at radius 3 is 2.96 bits per heavy atom. The van der Waals surface area contributed by atoms with Crippen LogP contribution >= 0.6 is 0 Å². The zero-order valence-electron chi connectivity index (χ0n) is 13.9. The summed E-state index contributed by atoms with van der Waals surface area (Å²) >= 11 is 0. The minimum atomic E-state index is -0.161. The summed E-state index contributed by atoms with van der Waals surface area (Å²) in [5.74, 6) is 0.563. The highest BCUT2D eigenvalue weighted by molar-refractivity contribution is 5.96. The maximum absolute atomic E-state index is 12.3. The smallest absolute Gasteiger partial charge is 0.227 e. The van der Waals surface area contributed by atoms with E-state index in [1.165, 1.54) is 0 Å². The number of hydrogen-bond donors (Lipinski definition) is 1. The monoisotopic (exact) mass is 327 g/mol. The Morgan fingerprint density at radius 1 is 1.42 bits per heavy atom. The van der Waals surface area contributed by atoms with Crippen LogP contribution in [0.1, 0.15) is 29.9 Å². The van der Waals surface area contributed by atoms with Gasteiger partial charge in [-0.25, -0.2) is 0 Å². The van der Waals surface area contributed by atoms with Crippen molar-refractivity contribution in [1.29, 1.82) is 0 Å². The lowest BCUT2D eigenvalue weighted by Crippen LogP contribution is -2.32. The van der Waals surface area contributed by atoms with Gasteiger partial charge in [0.05, 0.1) is 6.54 Å². The van der Waals surface area contributed by atoms with Crippen molar-refractivity contribution >= 4 is 17.5 Å². The summed E-state index contributed by atoms with van der Waals surface area (Å²) < 4.78 is 5.01. The minimum absolute atomic E-state index is 0.00214. The number of hydrogen-bond acceptors (Lipinski definition) is 4. The van der Waals surface area contributed by atoms with Crippen molar-refractivity contribution in [2.24, 2.45) is 5.92 Å². The van der Waals surface area contributed by atoms with Gasteiger partial charge in [0, 0.05) is 31.1 Å². The molecule has 0 spiro atoms. The van der Waals surface area contributed by atoms with Gasteiger partial charge in [0.25, 0.3) is 0 Å². The number of nitrogens with zero attached hydrogens (tertiary/aromatic N) is 2. The fourth-order valence-electron chi connectivity index (χ4n) is 2.96. The Balaban J connectivity index is 1.53. The summed E-state index contributed by atoms with van der Waals surface area (Å²) in [5.41, 5.74) is 2.73. The van der Waals surface area contributed by atoms with Crippen molar-refractivity contribution in [1.82, 2.24) is 10.1 Å². The van der Waals surface area contributed by atoms with E-state index in [1.54, 1.807) is 11.9 Å². The molecule has 0 radical (unpaired) electrons. The number of anilines is 1. The van der Waals surface area contributed by atoms with E-state index in [0.29, 0.717) is 25.8 Å². The molecule has 1 N–H and O–H groups in total. The van der Waals surface area contributed by atoms with E-state index in [1.807, 2.05) is 37.3 Å². The molecule has 2 heterocycles. The number of rotatable bonds is 5. The number of nitrogens with one attached hydrogen (secondary N) is 1. The first-order valence-electron chi connectivity index (χ1n) is 8.08. The standard InChI is InChI=1S/C18H21N3O3/c1-12-9-15(20-24-12)11-21(2)17(22)8-7-14-10-13-5-3-4-6-16(13)19-18(14)23/h3-6,9,14H,7-8,10-11H2,1-2H3,(H,19,23). The van der Waals surface area contributed by atoms with Crippen LogP contribution in [0.3, 0.4) is 0 Å². The highest BCUT2D eigenvalue weighted by Crippen LogP contribution is 2.27. The van der Waals surface area contributed by atoms with Gasteiger partial charge in [-0.3, -0.25) is 9.59 Å². The largest absolute Gasteiger partial charge is 0.361 e. The predicted octanol–water partition coefficient (Wildman–Crippen LogP) is 2.53. The molecule has 126 valence electrons. The van der Waals surface area contributed by atoms with E-state index in [-0.39, 0.29) is 17.7 Å². The van der Waals surface area contributed by atoms with E-state index in [0.717, 1.165) is 22.7 Å². The van der Waals surface area contributed by atoms with Gasteiger partial charge in [-0.05, 0) is 31.4 Å². The number of aryl methyl sites for hydroxylation is 1. The van der Waals surface area contributed by atoms with E-state index in [4.69, 9.17) is 4.52 Å². The number of amides is 2. The predicted molar refractivity (Wildman–Crippen MR) is 89.2 cm³/mol. The molecular formula is C18H21N3O3. The van der Waals surface area contributed by atoms with Gasteiger partial charge in [0.1, 0.15) is 11.5 Å². The molecule has 1 aliphatic rings. The van der Waals surface area contributed by atoms with Gasteiger partial charge in [-0.2, -0.15) is 0 Å². The minimum Gasteiger partial charge on any atom is -0.361 e. The average molecular weight is 327 g/mol. The summed E-state index contributed by atoms with van der Waals surface area (Å²) in [5, 5.41) is 6.81. The Labute approximate surface area is 140 Å². The Hall–Kier alpha value is -2.63. The lowest BCUT2D eigenvalue weighted by Gasteiger charge is -2.25. The number of carbonyl (C=O) groups excluding carboxylic acids is 2. The van der Waals surface area contributed by atoms with Crippen molar-refractivity contribution < 1.29 is 14.1 Å². The highest BCUT2D eigenvalue weighted by atomic mass is 16.5. The van der Waals surface area contributed by atoms with Crippen LogP contribution in [0.4, 0.5) is 5.69 Å². The van der Waals surface area contributed by atoms with Crippen molar-refractivity contribution in [3.8, 4) is 0 Å². The van der Waals surface area contributed by atoms with Crippen LogP contribution < -0.4 is 5.32 Å². The summed E-state index contributed by atoms with van der Waals surface area (Å²) in [6, 6.07) is 9.61. The molecule has 24 heavy (non-hydrogen) atoms. The van der Waals surface area contributed by atoms with Crippen molar-refractivity contribution in [3.63, 3.8) is 0 Å². The lowest BCUT2D eigenvalue weighted by molar-refractivity contribution is -0.131. The molecule has 1 aromatic carbocycles. The average Bonchev–Trinajstić information content (AvgIpc) is 2.97. The molecule has 0 aliphatic carbocycles. The molecule has 0 fully saturated rings. The van der Waals surface area contributed by atoms with Crippen LogP contribution in [-0.2, 0) is 22.6 Å². The second kappa shape index (κ2) is 6.86. The molecule has 3 rings (SSSR count). The van der Waals surface area contributed by atoms with Crippen LogP contribution in [0.2, 0.25) is 0 Å². The van der Waals surface area contributed by atoms with Crippen LogP contribution in [-0.4, -0.2) is 28.9 Å². The SMILES string of the molecule is Cc1cc(CN(C)C(=O)CCC2Cc3ccccc3NC2=O)no1. The first-order valence-corrected chi connectivity index (χ1v) is 8.08. The third-order valence-electron chi connectivity index (χ3n) is 4.32. The first kappa shape index (κ1) is 16.2. The zero-order chi connectivity index (χ0) is 17.1. The fraction of sp³-hybridized carbons (Fsp3) is 0.389. The second-order valence-corrected chi connectivity index (χ2v) is 6.26. The zero-order valence-corrected chi connectivity index (χ0v) is 13.9. The van der Waals surface area contributed by atoms with Crippen LogP contribution in [0.25, 0.3) is 0 Å². The Bertz CT molecular complexity index is 753. The molecule has 1 unspecified atom stereocenters. The van der Waals surface area contributed by atoms with E-state index in [2.05, 4.69) is 10.5 Å². The molecule has 2 aromatic rings. The summed E-state index contributed by atoms with van der Waals surface area (Å²) in [4.78, 5) is 26.1. The number of benzene rings is 1. The quantitative estimate of drug-likeness (QED) is 0.915.